The predicted octanol–water partition coefficient (Wildman–Crippen LogP) is 3.51. The molecule has 0 aliphatic heterocycles. The molecule has 0 aliphatic carbocycles. The molecule has 0 saturated carbocycles. The predicted molar refractivity (Wildman–Crippen MR) is 66.0 cm³/mol. The van der Waals surface area contributed by atoms with Crippen LogP contribution in [0, 0.1) is 0 Å². The van der Waals surface area contributed by atoms with Crippen LogP contribution in [0.3, 0.4) is 0 Å². The fourth-order valence-electron chi connectivity index (χ4n) is 0.761. The Labute approximate surface area is 101 Å². The molecule has 0 aromatic rings. The van der Waals surface area contributed by atoms with Crippen LogP contribution >= 0.6 is 23.2 Å². The smallest absolute Gasteiger partial charge is 0.202 e. The third-order valence-electron chi connectivity index (χ3n) is 1.74. The van der Waals surface area contributed by atoms with Gasteiger partial charge in [0.25, 0.3) is 0 Å². The van der Waals surface area contributed by atoms with E-state index in [-0.39, 0.29) is 0 Å². The zero-order valence-electron chi connectivity index (χ0n) is 9.64. The summed E-state index contributed by atoms with van der Waals surface area (Å²) >= 11 is 11.7. The van der Waals surface area contributed by atoms with Crippen molar-refractivity contribution in [3.05, 3.63) is 21.8 Å². The van der Waals surface area contributed by atoms with Crippen molar-refractivity contribution in [2.75, 3.05) is 14.2 Å². The van der Waals surface area contributed by atoms with E-state index in [4.69, 9.17) is 27.9 Å². The molecule has 0 rings (SSSR count). The molecule has 0 fully saturated rings. The van der Waals surface area contributed by atoms with Gasteiger partial charge in [-0.25, -0.2) is 0 Å². The molecule has 0 unspecified atom stereocenters. The highest BCUT2D eigenvalue weighted by Gasteiger charge is 2.03. The van der Waals surface area contributed by atoms with Crippen LogP contribution in [-0.4, -0.2) is 25.1 Å². The van der Waals surface area contributed by atoms with Crippen molar-refractivity contribution in [3.63, 3.8) is 0 Å². The van der Waals surface area contributed by atoms with Gasteiger partial charge < -0.3 is 4.74 Å². The maximum atomic E-state index is 6.01. The fourth-order valence-corrected chi connectivity index (χ4v) is 1.21. The molecular formula is C10H16Cl2N2O. The van der Waals surface area contributed by atoms with Gasteiger partial charge in [-0.1, -0.05) is 23.2 Å². The highest BCUT2D eigenvalue weighted by Crippen LogP contribution is 2.17. The third kappa shape index (κ3) is 5.70. The number of hydrogen-bond acceptors (Lipinski definition) is 3. The molecule has 0 aliphatic rings. The van der Waals surface area contributed by atoms with E-state index in [9.17, 15) is 0 Å². The lowest BCUT2D eigenvalue weighted by molar-refractivity contribution is 0.362. The minimum absolute atomic E-state index is 0.553. The lowest BCUT2D eigenvalue weighted by Crippen LogP contribution is -2.12. The summed E-state index contributed by atoms with van der Waals surface area (Å²) in [5.41, 5.74) is 0.799. The largest absolute Gasteiger partial charge is 0.483 e. The molecule has 0 spiro atoms. The Balaban J connectivity index is 4.84. The topological polar surface area (TPSA) is 24.8 Å². The van der Waals surface area contributed by atoms with Crippen molar-refractivity contribution in [1.82, 2.24) is 5.01 Å². The Morgan fingerprint density at radius 3 is 2.20 bits per heavy atom. The molecule has 5 heteroatoms. The second kappa shape index (κ2) is 6.75. The fraction of sp³-hybridized carbons (Fsp3) is 0.500. The first-order valence-corrected chi connectivity index (χ1v) is 5.17. The van der Waals surface area contributed by atoms with Crippen LogP contribution in [0.2, 0.25) is 0 Å². The molecule has 86 valence electrons. The highest BCUT2D eigenvalue weighted by molar-refractivity contribution is 6.34. The molecule has 0 aromatic carbocycles. The minimum atomic E-state index is 0.553. The Morgan fingerprint density at radius 2 is 1.80 bits per heavy atom. The van der Waals surface area contributed by atoms with Crippen molar-refractivity contribution in [2.45, 2.75) is 20.8 Å². The van der Waals surface area contributed by atoms with Crippen LogP contribution < -0.4 is 0 Å². The van der Waals surface area contributed by atoms with Crippen LogP contribution in [0.1, 0.15) is 20.8 Å². The Hall–Kier alpha value is -0.670. The van der Waals surface area contributed by atoms with E-state index in [1.54, 1.807) is 39.1 Å². The number of hydrazone groups is 1. The summed E-state index contributed by atoms with van der Waals surface area (Å²) in [6.45, 7) is 5.38. The molecule has 0 N–H and O–H groups in total. The summed E-state index contributed by atoms with van der Waals surface area (Å²) in [6, 6.07) is 0. The summed E-state index contributed by atoms with van der Waals surface area (Å²) < 4.78 is 4.93. The summed E-state index contributed by atoms with van der Waals surface area (Å²) in [6.07, 6.45) is 1.67. The maximum Gasteiger partial charge on any atom is 0.202 e. The van der Waals surface area contributed by atoms with Gasteiger partial charge in [0.1, 0.15) is 0 Å². The molecule has 0 heterocycles. The number of halogens is 2. The summed E-state index contributed by atoms with van der Waals surface area (Å²) in [5.74, 6) is 0.563. The summed E-state index contributed by atoms with van der Waals surface area (Å²) in [5, 5.41) is 6.95. The zero-order chi connectivity index (χ0) is 12.0. The molecule has 3 nitrogen and oxygen atoms in total. The maximum absolute atomic E-state index is 6.01. The highest BCUT2D eigenvalue weighted by atomic mass is 35.5. The van der Waals surface area contributed by atoms with E-state index in [1.807, 2.05) is 6.92 Å². The Bertz CT molecular complexity index is 305. The Kier molecular flexibility index (Phi) is 6.45. The van der Waals surface area contributed by atoms with E-state index in [2.05, 4.69) is 5.10 Å². The lowest BCUT2D eigenvalue weighted by Gasteiger charge is -2.15. The minimum Gasteiger partial charge on any atom is -0.483 e. The van der Waals surface area contributed by atoms with Crippen LogP contribution in [-0.2, 0) is 4.74 Å². The second-order valence-electron chi connectivity index (χ2n) is 3.01. The molecule has 0 bridgehead atoms. The monoisotopic (exact) mass is 250 g/mol. The first kappa shape index (κ1) is 14.3. The first-order chi connectivity index (χ1) is 6.88. The molecule has 15 heavy (non-hydrogen) atoms. The van der Waals surface area contributed by atoms with Crippen LogP contribution in [0.4, 0.5) is 0 Å². The van der Waals surface area contributed by atoms with Gasteiger partial charge in [0, 0.05) is 19.0 Å². The Morgan fingerprint density at radius 1 is 1.27 bits per heavy atom. The van der Waals surface area contributed by atoms with Gasteiger partial charge in [0.05, 0.1) is 17.8 Å². The number of hydrogen-bond donors (Lipinski definition) is 0. The van der Waals surface area contributed by atoms with Gasteiger partial charge in [0.15, 0.2) is 0 Å². The van der Waals surface area contributed by atoms with Crippen LogP contribution in [0.25, 0.3) is 0 Å². The van der Waals surface area contributed by atoms with Gasteiger partial charge in [-0.15, -0.1) is 5.10 Å². The van der Waals surface area contributed by atoms with Crippen molar-refractivity contribution in [3.8, 4) is 0 Å². The van der Waals surface area contributed by atoms with Crippen molar-refractivity contribution >= 4 is 29.1 Å². The van der Waals surface area contributed by atoms with Gasteiger partial charge in [-0.2, -0.15) is 0 Å². The number of allylic oxidation sites excluding steroid dienone is 4. The first-order valence-electron chi connectivity index (χ1n) is 4.41. The van der Waals surface area contributed by atoms with Gasteiger partial charge in [-0.05, 0) is 19.9 Å². The zero-order valence-corrected chi connectivity index (χ0v) is 11.1. The number of nitrogens with zero attached hydrogens (tertiary/aromatic N) is 2. The van der Waals surface area contributed by atoms with Crippen LogP contribution in [0.5, 0.6) is 0 Å². The molecule has 0 amide bonds. The third-order valence-corrected chi connectivity index (χ3v) is 2.23. The van der Waals surface area contributed by atoms with Crippen molar-refractivity contribution < 1.29 is 4.74 Å². The van der Waals surface area contributed by atoms with Gasteiger partial charge in [0.2, 0.25) is 5.90 Å². The summed E-state index contributed by atoms with van der Waals surface area (Å²) in [7, 11) is 3.35. The molecule has 0 radical (unpaired) electrons. The molecule has 0 atom stereocenters. The second-order valence-corrected chi connectivity index (χ2v) is 4.01. The standard InChI is InChI=1S/C10H16Cl2N2O/c1-7(11)6-10(12)8(2)14(4)13-9(3)15-5/h6H,1-5H3. The van der Waals surface area contributed by atoms with E-state index in [0.29, 0.717) is 16.0 Å². The average Bonchev–Trinajstić information content (AvgIpc) is 2.15. The van der Waals surface area contributed by atoms with Crippen LogP contribution in [0.15, 0.2) is 26.9 Å². The molecule has 0 saturated heterocycles. The van der Waals surface area contributed by atoms with Gasteiger partial charge in [-0.3, -0.25) is 5.01 Å². The van der Waals surface area contributed by atoms with E-state index in [1.165, 1.54) is 0 Å². The average molecular weight is 251 g/mol. The van der Waals surface area contributed by atoms with E-state index in [0.717, 1.165) is 5.70 Å². The summed E-state index contributed by atoms with van der Waals surface area (Å²) in [4.78, 5) is 0. The normalized spacial score (nSPS) is 14.9. The van der Waals surface area contributed by atoms with E-state index < -0.39 is 0 Å². The molecule has 0 aromatic heterocycles. The lowest BCUT2D eigenvalue weighted by atomic mass is 10.4. The SMILES string of the molecule is COC(C)=NN(C)C(C)=C(Cl)C=C(C)Cl. The number of ether oxygens (including phenoxy) is 1. The molecular weight excluding hydrogens is 235 g/mol. The van der Waals surface area contributed by atoms with Gasteiger partial charge >= 0.3 is 0 Å². The van der Waals surface area contributed by atoms with E-state index >= 15 is 0 Å². The number of rotatable bonds is 3. The number of methoxy groups -OCH3 is 1. The quantitative estimate of drug-likeness (QED) is 0.332. The van der Waals surface area contributed by atoms with Crippen molar-refractivity contribution in [2.24, 2.45) is 5.10 Å². The van der Waals surface area contributed by atoms with Crippen molar-refractivity contribution in [1.29, 1.82) is 0 Å².